The van der Waals surface area contributed by atoms with Gasteiger partial charge in [0.05, 0.1) is 14.2 Å². The highest BCUT2D eigenvalue weighted by Crippen LogP contribution is 2.39. The number of anilines is 1. The summed E-state index contributed by atoms with van der Waals surface area (Å²) in [7, 11) is 5.60. The van der Waals surface area contributed by atoms with E-state index < -0.39 is 0 Å². The predicted molar refractivity (Wildman–Crippen MR) is 115 cm³/mol. The van der Waals surface area contributed by atoms with Crippen LogP contribution in [-0.2, 0) is 6.42 Å². The quantitative estimate of drug-likeness (QED) is 0.681. The van der Waals surface area contributed by atoms with E-state index in [4.69, 9.17) is 9.47 Å². The van der Waals surface area contributed by atoms with Gasteiger partial charge in [-0.05, 0) is 56.8 Å². The molecule has 4 rings (SSSR count). The number of likely N-dealkylation sites (N-methyl/N-ethyl adjacent to an activating group) is 1. The molecule has 0 radical (unpaired) electrons. The van der Waals surface area contributed by atoms with Gasteiger partial charge in [-0.25, -0.2) is 9.97 Å². The first-order valence-corrected chi connectivity index (χ1v) is 10.7. The Morgan fingerprint density at radius 1 is 1.07 bits per heavy atom. The zero-order valence-corrected chi connectivity index (χ0v) is 17.8. The number of rotatable bonds is 8. The van der Waals surface area contributed by atoms with E-state index in [1.54, 1.807) is 20.5 Å². The molecular weight excluding hydrogens is 364 g/mol. The van der Waals surface area contributed by atoms with Crippen molar-refractivity contribution in [2.24, 2.45) is 0 Å². The maximum atomic E-state index is 5.44. The molecule has 1 saturated carbocycles. The van der Waals surface area contributed by atoms with E-state index in [0.717, 1.165) is 43.4 Å². The molecule has 1 atom stereocenters. The largest absolute Gasteiger partial charge is 0.493 e. The van der Waals surface area contributed by atoms with E-state index in [2.05, 4.69) is 45.0 Å². The first kappa shape index (κ1) is 20.0. The number of nitrogens with zero attached hydrogens (tertiary/aromatic N) is 4. The monoisotopic (exact) mass is 396 g/mol. The van der Waals surface area contributed by atoms with Gasteiger partial charge in [-0.1, -0.05) is 6.07 Å². The van der Waals surface area contributed by atoms with Gasteiger partial charge in [-0.2, -0.15) is 0 Å². The van der Waals surface area contributed by atoms with Crippen molar-refractivity contribution in [2.45, 2.75) is 44.1 Å². The molecule has 0 N–H and O–H groups in total. The summed E-state index contributed by atoms with van der Waals surface area (Å²) in [5.41, 5.74) is 2.49. The molecule has 2 aliphatic rings. The maximum absolute atomic E-state index is 5.44. The molecule has 0 unspecified atom stereocenters. The summed E-state index contributed by atoms with van der Waals surface area (Å²) in [6.07, 6.45) is 7.73. The second kappa shape index (κ2) is 8.99. The lowest BCUT2D eigenvalue weighted by atomic mass is 10.0. The number of ether oxygens (including phenoxy) is 2. The molecule has 1 aliphatic heterocycles. The Morgan fingerprint density at radius 2 is 1.90 bits per heavy atom. The fourth-order valence-corrected chi connectivity index (χ4v) is 4.18. The average Bonchev–Trinajstić information content (AvgIpc) is 3.63. The lowest BCUT2D eigenvalue weighted by molar-refractivity contribution is 0.217. The van der Waals surface area contributed by atoms with Crippen molar-refractivity contribution in [3.05, 3.63) is 41.9 Å². The molecule has 156 valence electrons. The van der Waals surface area contributed by atoms with Gasteiger partial charge in [-0.3, -0.25) is 0 Å². The Hall–Kier alpha value is -2.34. The van der Waals surface area contributed by atoms with Crippen LogP contribution < -0.4 is 14.4 Å². The second-order valence-electron chi connectivity index (χ2n) is 8.24. The summed E-state index contributed by atoms with van der Waals surface area (Å²) in [5.74, 6) is 3.34. The first-order chi connectivity index (χ1) is 14.2. The third kappa shape index (κ3) is 4.81. The van der Waals surface area contributed by atoms with Crippen molar-refractivity contribution in [1.29, 1.82) is 0 Å². The van der Waals surface area contributed by atoms with Crippen molar-refractivity contribution >= 4 is 5.82 Å². The molecular formula is C23H32N4O2. The Morgan fingerprint density at radius 3 is 2.66 bits per heavy atom. The van der Waals surface area contributed by atoms with Crippen molar-refractivity contribution in [3.63, 3.8) is 0 Å². The standard InChI is InChI=1S/C23H32N4O2/c1-26(12-10-17-6-9-21(28-2)22(13-17)29-3)19-5-4-11-27(15-19)23-14-20(18-7-8-18)24-16-25-23/h6,9,13-14,16,18-19H,4-5,7-8,10-12,15H2,1-3H3/t19-/m1/s1. The van der Waals surface area contributed by atoms with Gasteiger partial charge < -0.3 is 19.3 Å². The fraction of sp³-hybridized carbons (Fsp3) is 0.565. The Bertz CT molecular complexity index is 824. The van der Waals surface area contributed by atoms with Crippen LogP contribution in [0, 0.1) is 0 Å². The lowest BCUT2D eigenvalue weighted by Gasteiger charge is -2.38. The van der Waals surface area contributed by atoms with Crippen LogP contribution in [0.2, 0.25) is 0 Å². The predicted octanol–water partition coefficient (Wildman–Crippen LogP) is 3.51. The van der Waals surface area contributed by atoms with Crippen LogP contribution >= 0.6 is 0 Å². The molecule has 0 spiro atoms. The number of piperidine rings is 1. The molecule has 1 saturated heterocycles. The van der Waals surface area contributed by atoms with E-state index in [9.17, 15) is 0 Å². The van der Waals surface area contributed by atoms with Gasteiger partial charge in [0.2, 0.25) is 0 Å². The number of hydrogen-bond donors (Lipinski definition) is 0. The van der Waals surface area contributed by atoms with Crippen molar-refractivity contribution in [2.75, 3.05) is 45.8 Å². The molecule has 0 bridgehead atoms. The SMILES string of the molecule is COc1ccc(CCN(C)[C@@H]2CCCN(c3cc(C4CC4)ncn3)C2)cc1OC. The molecule has 29 heavy (non-hydrogen) atoms. The minimum absolute atomic E-state index is 0.545. The van der Waals surface area contributed by atoms with Crippen molar-refractivity contribution < 1.29 is 9.47 Å². The van der Waals surface area contributed by atoms with Crippen LogP contribution in [0.4, 0.5) is 5.82 Å². The van der Waals surface area contributed by atoms with Crippen molar-refractivity contribution in [3.8, 4) is 11.5 Å². The smallest absolute Gasteiger partial charge is 0.160 e. The van der Waals surface area contributed by atoms with E-state index in [-0.39, 0.29) is 0 Å². The van der Waals surface area contributed by atoms with Crippen LogP contribution in [0.5, 0.6) is 11.5 Å². The van der Waals surface area contributed by atoms with Gasteiger partial charge in [0, 0.05) is 43.4 Å². The summed E-state index contributed by atoms with van der Waals surface area (Å²) in [6, 6.07) is 8.96. The van der Waals surface area contributed by atoms with Crippen molar-refractivity contribution in [1.82, 2.24) is 14.9 Å². The Labute approximate surface area is 173 Å². The molecule has 1 aliphatic carbocycles. The highest BCUT2D eigenvalue weighted by Gasteiger charge is 2.28. The number of aromatic nitrogens is 2. The van der Waals surface area contributed by atoms with E-state index in [1.807, 2.05) is 6.07 Å². The molecule has 0 amide bonds. The molecule has 6 nitrogen and oxygen atoms in total. The lowest BCUT2D eigenvalue weighted by Crippen LogP contribution is -2.47. The van der Waals surface area contributed by atoms with Crippen LogP contribution in [-0.4, -0.2) is 61.8 Å². The highest BCUT2D eigenvalue weighted by molar-refractivity contribution is 5.43. The Kier molecular flexibility index (Phi) is 6.19. The number of hydrogen-bond acceptors (Lipinski definition) is 6. The second-order valence-corrected chi connectivity index (χ2v) is 8.24. The third-order valence-corrected chi connectivity index (χ3v) is 6.21. The number of methoxy groups -OCH3 is 2. The molecule has 2 fully saturated rings. The van der Waals surface area contributed by atoms with Gasteiger partial charge in [0.15, 0.2) is 11.5 Å². The zero-order valence-electron chi connectivity index (χ0n) is 17.8. The molecule has 6 heteroatoms. The third-order valence-electron chi connectivity index (χ3n) is 6.21. The van der Waals surface area contributed by atoms with Gasteiger partial charge in [0.1, 0.15) is 12.1 Å². The summed E-state index contributed by atoms with van der Waals surface area (Å²) in [4.78, 5) is 14.0. The topological polar surface area (TPSA) is 50.7 Å². The summed E-state index contributed by atoms with van der Waals surface area (Å²) in [6.45, 7) is 3.13. The van der Waals surface area contributed by atoms with E-state index in [1.165, 1.54) is 36.9 Å². The van der Waals surface area contributed by atoms with Gasteiger partial charge >= 0.3 is 0 Å². The number of benzene rings is 1. The van der Waals surface area contributed by atoms with E-state index in [0.29, 0.717) is 12.0 Å². The zero-order chi connectivity index (χ0) is 20.2. The average molecular weight is 397 g/mol. The summed E-state index contributed by atoms with van der Waals surface area (Å²) in [5, 5.41) is 0. The van der Waals surface area contributed by atoms with Gasteiger partial charge in [0.25, 0.3) is 0 Å². The highest BCUT2D eigenvalue weighted by atomic mass is 16.5. The first-order valence-electron chi connectivity index (χ1n) is 10.7. The molecule has 2 heterocycles. The molecule has 2 aromatic rings. The van der Waals surface area contributed by atoms with Crippen LogP contribution in [0.1, 0.15) is 42.9 Å². The Balaban J connectivity index is 1.35. The summed E-state index contributed by atoms with van der Waals surface area (Å²) < 4.78 is 10.8. The molecule has 1 aromatic heterocycles. The van der Waals surface area contributed by atoms with Crippen LogP contribution in [0.25, 0.3) is 0 Å². The minimum atomic E-state index is 0.545. The van der Waals surface area contributed by atoms with Crippen LogP contribution in [0.3, 0.4) is 0 Å². The van der Waals surface area contributed by atoms with E-state index >= 15 is 0 Å². The summed E-state index contributed by atoms with van der Waals surface area (Å²) >= 11 is 0. The minimum Gasteiger partial charge on any atom is -0.493 e. The van der Waals surface area contributed by atoms with Gasteiger partial charge in [-0.15, -0.1) is 0 Å². The molecule has 1 aromatic carbocycles. The van der Waals surface area contributed by atoms with Crippen LogP contribution in [0.15, 0.2) is 30.6 Å². The normalized spacial score (nSPS) is 19.4. The fourth-order valence-electron chi connectivity index (χ4n) is 4.18. The maximum Gasteiger partial charge on any atom is 0.160 e.